The zero-order valence-electron chi connectivity index (χ0n) is 12.3. The van der Waals surface area contributed by atoms with Gasteiger partial charge < -0.3 is 5.32 Å². The molecular weight excluding hydrogens is 383 g/mol. The number of hydrogen-bond acceptors (Lipinski definition) is 5. The smallest absolute Gasteiger partial charge is 0.345 e. The van der Waals surface area contributed by atoms with E-state index in [4.69, 9.17) is 0 Å². The zero-order valence-corrected chi connectivity index (χ0v) is 14.7. The van der Waals surface area contributed by atoms with Crippen molar-refractivity contribution in [2.45, 2.75) is 35.0 Å². The fourth-order valence-electron chi connectivity index (χ4n) is 2.55. The highest BCUT2D eigenvalue weighted by atomic mass is 32.2. The lowest BCUT2D eigenvalue weighted by molar-refractivity contribution is -0.134. The molecule has 3 heterocycles. The van der Waals surface area contributed by atoms with Crippen LogP contribution in [0.3, 0.4) is 0 Å². The Hall–Kier alpha value is -1.39. The summed E-state index contributed by atoms with van der Waals surface area (Å²) >= 11 is 1.54. The summed E-state index contributed by atoms with van der Waals surface area (Å²) in [4.78, 5) is 11.4. The van der Waals surface area contributed by atoms with Gasteiger partial charge in [-0.15, -0.1) is 22.7 Å². The molecule has 2 aromatic rings. The summed E-state index contributed by atoms with van der Waals surface area (Å²) in [5, 5.41) is 4.77. The quantitative estimate of drug-likeness (QED) is 0.840. The van der Waals surface area contributed by atoms with Crippen LogP contribution < -0.4 is 5.32 Å². The molecule has 24 heavy (non-hydrogen) atoms. The van der Waals surface area contributed by atoms with Gasteiger partial charge in [0.2, 0.25) is 0 Å². The van der Waals surface area contributed by atoms with E-state index in [-0.39, 0.29) is 16.2 Å². The van der Waals surface area contributed by atoms with E-state index < -0.39 is 38.1 Å². The van der Waals surface area contributed by atoms with Gasteiger partial charge in [-0.2, -0.15) is 13.2 Å². The van der Waals surface area contributed by atoms with E-state index in [2.05, 4.69) is 5.32 Å². The lowest BCUT2D eigenvalue weighted by atomic mass is 10.0. The number of halogens is 3. The van der Waals surface area contributed by atoms with Gasteiger partial charge in [0.25, 0.3) is 5.91 Å². The molecule has 0 bridgehead atoms. The summed E-state index contributed by atoms with van der Waals surface area (Å²) in [7, 11) is -3.41. The minimum Gasteiger partial charge on any atom is -0.345 e. The van der Waals surface area contributed by atoms with E-state index in [1.165, 1.54) is 0 Å². The molecule has 1 amide bonds. The van der Waals surface area contributed by atoms with Gasteiger partial charge >= 0.3 is 6.18 Å². The maximum Gasteiger partial charge on any atom is 0.425 e. The van der Waals surface area contributed by atoms with Crippen molar-refractivity contribution < 1.29 is 26.4 Å². The molecule has 0 aliphatic carbocycles. The highest BCUT2D eigenvalue weighted by Gasteiger charge is 2.38. The van der Waals surface area contributed by atoms with Gasteiger partial charge in [-0.25, -0.2) is 8.42 Å². The SMILES string of the molecule is C[C@H]1C[C@H](NC(=O)c2csc(C(F)(F)F)c2)c2ccsc2S1(=O)=O. The van der Waals surface area contributed by atoms with Crippen LogP contribution in [0.25, 0.3) is 0 Å². The van der Waals surface area contributed by atoms with Crippen LogP contribution in [-0.2, 0) is 16.0 Å². The van der Waals surface area contributed by atoms with Crippen molar-refractivity contribution >= 4 is 38.4 Å². The molecule has 0 fully saturated rings. The van der Waals surface area contributed by atoms with Crippen LogP contribution in [-0.4, -0.2) is 19.6 Å². The number of thiophene rings is 2. The topological polar surface area (TPSA) is 63.2 Å². The number of carbonyl (C=O) groups excluding carboxylic acids is 1. The van der Waals surface area contributed by atoms with E-state index in [0.717, 1.165) is 22.8 Å². The van der Waals surface area contributed by atoms with E-state index >= 15 is 0 Å². The van der Waals surface area contributed by atoms with Crippen LogP contribution in [0.1, 0.15) is 40.2 Å². The predicted octanol–water partition coefficient (Wildman–Crippen LogP) is 3.87. The van der Waals surface area contributed by atoms with E-state index in [1.807, 2.05) is 0 Å². The number of rotatable bonds is 2. The van der Waals surface area contributed by atoms with Crippen molar-refractivity contribution in [3.63, 3.8) is 0 Å². The Morgan fingerprint density at radius 3 is 2.67 bits per heavy atom. The van der Waals surface area contributed by atoms with Crippen LogP contribution in [0.5, 0.6) is 0 Å². The third kappa shape index (κ3) is 2.98. The van der Waals surface area contributed by atoms with Gasteiger partial charge in [0, 0.05) is 10.9 Å². The highest BCUT2D eigenvalue weighted by Crippen LogP contribution is 2.40. The molecule has 1 aliphatic heterocycles. The van der Waals surface area contributed by atoms with Gasteiger partial charge in [0.1, 0.15) is 9.09 Å². The largest absolute Gasteiger partial charge is 0.425 e. The first-order chi connectivity index (χ1) is 11.1. The molecule has 1 N–H and O–H groups in total. The van der Waals surface area contributed by atoms with Gasteiger partial charge in [-0.3, -0.25) is 4.79 Å². The predicted molar refractivity (Wildman–Crippen MR) is 85.1 cm³/mol. The molecule has 0 saturated heterocycles. The minimum atomic E-state index is -4.49. The van der Waals surface area contributed by atoms with Crippen LogP contribution in [0.15, 0.2) is 27.1 Å². The first-order valence-electron chi connectivity index (χ1n) is 6.88. The van der Waals surface area contributed by atoms with Crippen molar-refractivity contribution in [2.75, 3.05) is 0 Å². The lowest BCUT2D eigenvalue weighted by Crippen LogP contribution is -2.36. The second-order valence-corrected chi connectivity index (χ2v) is 9.87. The molecule has 1 aliphatic rings. The molecule has 10 heteroatoms. The van der Waals surface area contributed by atoms with Crippen molar-refractivity contribution in [1.29, 1.82) is 0 Å². The summed E-state index contributed by atoms with van der Waals surface area (Å²) < 4.78 is 62.6. The Kier molecular flexibility index (Phi) is 4.25. The zero-order chi connectivity index (χ0) is 17.7. The maximum atomic E-state index is 12.6. The van der Waals surface area contributed by atoms with Crippen molar-refractivity contribution in [3.05, 3.63) is 38.9 Å². The van der Waals surface area contributed by atoms with Gasteiger partial charge in [-0.1, -0.05) is 0 Å². The Labute approximate surface area is 144 Å². The number of nitrogens with one attached hydrogen (secondary N) is 1. The molecule has 0 unspecified atom stereocenters. The average molecular weight is 395 g/mol. The Bertz CT molecular complexity index is 882. The average Bonchev–Trinajstić information content (AvgIpc) is 3.13. The summed E-state index contributed by atoms with van der Waals surface area (Å²) in [5.74, 6) is -0.643. The van der Waals surface area contributed by atoms with Crippen LogP contribution >= 0.6 is 22.7 Å². The number of fused-ring (bicyclic) bond motifs is 1. The highest BCUT2D eigenvalue weighted by molar-refractivity contribution is 7.94. The molecular formula is C14H12F3NO3S3. The Balaban J connectivity index is 1.84. The van der Waals surface area contributed by atoms with Crippen molar-refractivity contribution in [3.8, 4) is 0 Å². The van der Waals surface area contributed by atoms with Gasteiger partial charge in [0.05, 0.1) is 16.9 Å². The van der Waals surface area contributed by atoms with Crippen molar-refractivity contribution in [2.24, 2.45) is 0 Å². The maximum absolute atomic E-state index is 12.6. The number of sulfone groups is 1. The molecule has 0 aromatic carbocycles. The molecule has 0 spiro atoms. The molecule has 2 atom stereocenters. The molecule has 4 nitrogen and oxygen atoms in total. The molecule has 130 valence electrons. The van der Waals surface area contributed by atoms with E-state index in [1.54, 1.807) is 18.4 Å². The second kappa shape index (κ2) is 5.85. The van der Waals surface area contributed by atoms with Crippen LogP contribution in [0.2, 0.25) is 0 Å². The third-order valence-corrected chi connectivity index (χ3v) is 8.52. The summed E-state index contributed by atoms with van der Waals surface area (Å²) in [5.41, 5.74) is 0.419. The Morgan fingerprint density at radius 2 is 2.04 bits per heavy atom. The first-order valence-corrected chi connectivity index (χ1v) is 10.2. The monoisotopic (exact) mass is 395 g/mol. The number of amides is 1. The normalized spacial score (nSPS) is 22.8. The fourth-order valence-corrected chi connectivity index (χ4v) is 6.53. The summed E-state index contributed by atoms with van der Waals surface area (Å²) in [6.45, 7) is 1.56. The first kappa shape index (κ1) is 17.4. The number of carbonyl (C=O) groups is 1. The number of alkyl halides is 3. The molecule has 0 saturated carbocycles. The molecule has 2 aromatic heterocycles. The molecule has 0 radical (unpaired) electrons. The minimum absolute atomic E-state index is 0.0785. The van der Waals surface area contributed by atoms with Gasteiger partial charge in [0.15, 0.2) is 9.84 Å². The third-order valence-electron chi connectivity index (χ3n) is 3.84. The number of hydrogen-bond donors (Lipinski definition) is 1. The van der Waals surface area contributed by atoms with Crippen LogP contribution in [0.4, 0.5) is 13.2 Å². The van der Waals surface area contributed by atoms with E-state index in [9.17, 15) is 26.4 Å². The summed E-state index contributed by atoms with van der Waals surface area (Å²) in [6, 6.07) is 1.90. The van der Waals surface area contributed by atoms with Crippen LogP contribution in [0, 0.1) is 0 Å². The fraction of sp³-hybridized carbons (Fsp3) is 0.357. The second-order valence-electron chi connectivity index (χ2n) is 5.48. The van der Waals surface area contributed by atoms with Crippen molar-refractivity contribution in [1.82, 2.24) is 5.32 Å². The Morgan fingerprint density at radius 1 is 1.33 bits per heavy atom. The van der Waals surface area contributed by atoms with Gasteiger partial charge in [-0.05, 0) is 30.9 Å². The lowest BCUT2D eigenvalue weighted by Gasteiger charge is -2.27. The summed E-state index contributed by atoms with van der Waals surface area (Å²) in [6.07, 6.45) is -4.30. The molecule has 3 rings (SSSR count). The van der Waals surface area contributed by atoms with E-state index in [0.29, 0.717) is 16.9 Å². The standard InChI is InChI=1S/C14H12F3NO3S3/c1-7-4-10(9-2-3-22-13(9)24(7,20)21)18-12(19)8-5-11(23-6-8)14(15,16)17/h2-3,5-7,10H,4H2,1H3,(H,18,19)/t7-,10-/m0/s1.